The predicted molar refractivity (Wildman–Crippen MR) is 57.3 cm³/mol. The molecule has 14 heavy (non-hydrogen) atoms. The molecule has 2 rings (SSSR count). The van der Waals surface area contributed by atoms with Crippen molar-refractivity contribution < 1.29 is 4.79 Å². The predicted octanol–water partition coefficient (Wildman–Crippen LogP) is 1.58. The number of hydrogen-bond acceptors (Lipinski definition) is 3. The smallest absolute Gasteiger partial charge is 0.122 e. The quantitative estimate of drug-likeness (QED) is 0.550. The van der Waals surface area contributed by atoms with E-state index in [1.807, 2.05) is 12.1 Å². The van der Waals surface area contributed by atoms with Gasteiger partial charge in [0.15, 0.2) is 0 Å². The molecule has 74 valence electrons. The van der Waals surface area contributed by atoms with E-state index in [2.05, 4.69) is 11.4 Å². The van der Waals surface area contributed by atoms with Crippen molar-refractivity contribution in [1.82, 2.24) is 0 Å². The van der Waals surface area contributed by atoms with Crippen LogP contribution in [0.4, 0.5) is 11.4 Å². The fraction of sp³-hybridized carbons (Fsp3) is 0.364. The summed E-state index contributed by atoms with van der Waals surface area (Å²) in [6, 6.07) is 6.18. The van der Waals surface area contributed by atoms with Gasteiger partial charge in [-0.25, -0.2) is 0 Å². The van der Waals surface area contributed by atoms with Crippen molar-refractivity contribution in [3.8, 4) is 0 Å². The van der Waals surface area contributed by atoms with Crippen LogP contribution in [0.3, 0.4) is 0 Å². The summed E-state index contributed by atoms with van der Waals surface area (Å²) in [4.78, 5) is 10.4. The molecule has 1 atom stereocenters. The first-order valence-electron chi connectivity index (χ1n) is 4.88. The Morgan fingerprint density at radius 3 is 3.21 bits per heavy atom. The van der Waals surface area contributed by atoms with E-state index in [0.717, 1.165) is 30.5 Å². The molecule has 1 aliphatic heterocycles. The van der Waals surface area contributed by atoms with Crippen LogP contribution < -0.4 is 11.1 Å². The van der Waals surface area contributed by atoms with Gasteiger partial charge in [0, 0.05) is 23.8 Å². The Morgan fingerprint density at radius 2 is 2.43 bits per heavy atom. The van der Waals surface area contributed by atoms with Crippen LogP contribution in [0, 0.1) is 0 Å². The molecule has 1 aromatic rings. The molecule has 1 aromatic carbocycles. The van der Waals surface area contributed by atoms with Crippen LogP contribution >= 0.6 is 0 Å². The number of nitrogen functional groups attached to an aromatic ring is 1. The van der Waals surface area contributed by atoms with Crippen molar-refractivity contribution >= 4 is 17.7 Å². The van der Waals surface area contributed by atoms with Crippen molar-refractivity contribution in [2.24, 2.45) is 0 Å². The lowest BCUT2D eigenvalue weighted by atomic mass is 9.96. The Kier molecular flexibility index (Phi) is 2.39. The van der Waals surface area contributed by atoms with Crippen molar-refractivity contribution in [2.75, 3.05) is 11.1 Å². The molecule has 3 N–H and O–H groups in total. The topological polar surface area (TPSA) is 55.1 Å². The number of nitrogens with one attached hydrogen (secondary N) is 1. The van der Waals surface area contributed by atoms with Crippen molar-refractivity contribution in [3.63, 3.8) is 0 Å². The Labute approximate surface area is 83.3 Å². The summed E-state index contributed by atoms with van der Waals surface area (Å²) in [6.45, 7) is 0. The summed E-state index contributed by atoms with van der Waals surface area (Å²) < 4.78 is 0. The molecule has 0 saturated heterocycles. The van der Waals surface area contributed by atoms with Crippen LogP contribution in [0.1, 0.15) is 18.4 Å². The molecule has 3 heteroatoms. The maximum atomic E-state index is 10.4. The number of carbonyl (C=O) groups is 1. The third kappa shape index (κ3) is 1.71. The fourth-order valence-corrected chi connectivity index (χ4v) is 1.86. The zero-order chi connectivity index (χ0) is 9.97. The largest absolute Gasteiger partial charge is 0.399 e. The van der Waals surface area contributed by atoms with Gasteiger partial charge in [-0.2, -0.15) is 0 Å². The summed E-state index contributed by atoms with van der Waals surface area (Å²) in [7, 11) is 0. The summed E-state index contributed by atoms with van der Waals surface area (Å²) in [6.07, 6.45) is 3.60. The SMILES string of the molecule is Nc1ccc2c(c1)NC(CC=O)CC2. The molecule has 0 radical (unpaired) electrons. The van der Waals surface area contributed by atoms with Gasteiger partial charge in [-0.05, 0) is 30.5 Å². The Balaban J connectivity index is 2.20. The van der Waals surface area contributed by atoms with Crippen LogP contribution in [0.15, 0.2) is 18.2 Å². The van der Waals surface area contributed by atoms with Gasteiger partial charge in [-0.15, -0.1) is 0 Å². The molecule has 0 saturated carbocycles. The van der Waals surface area contributed by atoms with Gasteiger partial charge >= 0.3 is 0 Å². The second-order valence-corrected chi connectivity index (χ2v) is 3.70. The van der Waals surface area contributed by atoms with Gasteiger partial charge in [0.1, 0.15) is 6.29 Å². The van der Waals surface area contributed by atoms with Crippen LogP contribution in [0.25, 0.3) is 0 Å². The van der Waals surface area contributed by atoms with E-state index in [1.165, 1.54) is 5.56 Å². The minimum Gasteiger partial charge on any atom is -0.399 e. The zero-order valence-electron chi connectivity index (χ0n) is 7.99. The van der Waals surface area contributed by atoms with E-state index in [1.54, 1.807) is 0 Å². The molecule has 0 spiro atoms. The second-order valence-electron chi connectivity index (χ2n) is 3.70. The lowest BCUT2D eigenvalue weighted by Gasteiger charge is -2.25. The second kappa shape index (κ2) is 3.70. The molecule has 1 unspecified atom stereocenters. The number of carbonyl (C=O) groups excluding carboxylic acids is 1. The first-order chi connectivity index (χ1) is 6.79. The number of aryl methyl sites for hydroxylation is 1. The maximum absolute atomic E-state index is 10.4. The summed E-state index contributed by atoms with van der Waals surface area (Å²) in [5.41, 5.74) is 8.84. The molecular weight excluding hydrogens is 176 g/mol. The highest BCUT2D eigenvalue weighted by atomic mass is 16.1. The molecule has 1 aliphatic rings. The average molecular weight is 190 g/mol. The van der Waals surface area contributed by atoms with Crippen LogP contribution in [-0.2, 0) is 11.2 Å². The van der Waals surface area contributed by atoms with E-state index in [0.29, 0.717) is 6.42 Å². The number of aldehydes is 1. The van der Waals surface area contributed by atoms with Crippen LogP contribution in [0.5, 0.6) is 0 Å². The van der Waals surface area contributed by atoms with E-state index in [4.69, 9.17) is 5.73 Å². The molecule has 0 aromatic heterocycles. The van der Waals surface area contributed by atoms with E-state index < -0.39 is 0 Å². The van der Waals surface area contributed by atoms with Crippen molar-refractivity contribution in [2.45, 2.75) is 25.3 Å². The average Bonchev–Trinajstić information content (AvgIpc) is 2.17. The lowest BCUT2D eigenvalue weighted by Crippen LogP contribution is -2.25. The Hall–Kier alpha value is -1.51. The number of rotatable bonds is 2. The summed E-state index contributed by atoms with van der Waals surface area (Å²) >= 11 is 0. The lowest BCUT2D eigenvalue weighted by molar-refractivity contribution is -0.108. The fourth-order valence-electron chi connectivity index (χ4n) is 1.86. The molecule has 0 bridgehead atoms. The van der Waals surface area contributed by atoms with Gasteiger partial charge in [0.2, 0.25) is 0 Å². The highest BCUT2D eigenvalue weighted by Gasteiger charge is 2.16. The van der Waals surface area contributed by atoms with E-state index >= 15 is 0 Å². The third-order valence-corrected chi connectivity index (χ3v) is 2.64. The van der Waals surface area contributed by atoms with Crippen molar-refractivity contribution in [3.05, 3.63) is 23.8 Å². The maximum Gasteiger partial charge on any atom is 0.122 e. The monoisotopic (exact) mass is 190 g/mol. The normalized spacial score (nSPS) is 19.6. The number of benzene rings is 1. The van der Waals surface area contributed by atoms with E-state index in [9.17, 15) is 4.79 Å². The molecular formula is C11H14N2O. The first kappa shape index (κ1) is 9.06. The highest BCUT2D eigenvalue weighted by Crippen LogP contribution is 2.27. The van der Waals surface area contributed by atoms with Crippen LogP contribution in [-0.4, -0.2) is 12.3 Å². The molecule has 1 heterocycles. The number of hydrogen-bond donors (Lipinski definition) is 2. The van der Waals surface area contributed by atoms with Gasteiger partial charge < -0.3 is 15.8 Å². The molecule has 3 nitrogen and oxygen atoms in total. The molecule has 0 aliphatic carbocycles. The molecule has 0 amide bonds. The Bertz CT molecular complexity index is 349. The minimum absolute atomic E-state index is 0.279. The van der Waals surface area contributed by atoms with Crippen molar-refractivity contribution in [1.29, 1.82) is 0 Å². The first-order valence-corrected chi connectivity index (χ1v) is 4.88. The van der Waals surface area contributed by atoms with Gasteiger partial charge in [-0.1, -0.05) is 6.07 Å². The summed E-state index contributed by atoms with van der Waals surface area (Å²) in [5, 5.41) is 3.33. The number of anilines is 2. The molecule has 0 fully saturated rings. The Morgan fingerprint density at radius 1 is 1.57 bits per heavy atom. The summed E-state index contributed by atoms with van der Waals surface area (Å²) in [5.74, 6) is 0. The van der Waals surface area contributed by atoms with Crippen LogP contribution in [0.2, 0.25) is 0 Å². The minimum atomic E-state index is 0.279. The third-order valence-electron chi connectivity index (χ3n) is 2.64. The van der Waals surface area contributed by atoms with Gasteiger partial charge in [0.25, 0.3) is 0 Å². The van der Waals surface area contributed by atoms with E-state index in [-0.39, 0.29) is 6.04 Å². The number of fused-ring (bicyclic) bond motifs is 1. The van der Waals surface area contributed by atoms with Gasteiger partial charge in [0.05, 0.1) is 0 Å². The van der Waals surface area contributed by atoms with Gasteiger partial charge in [-0.3, -0.25) is 0 Å². The highest BCUT2D eigenvalue weighted by molar-refractivity contribution is 5.62. The standard InChI is InChI=1S/C11H14N2O/c12-9-3-1-8-2-4-10(5-6-14)13-11(8)7-9/h1,3,6-7,10,13H,2,4-5,12H2. The number of nitrogens with two attached hydrogens (primary N) is 1. The zero-order valence-corrected chi connectivity index (χ0v) is 7.99.